The van der Waals surface area contributed by atoms with Crippen molar-refractivity contribution in [2.24, 2.45) is 44.6 Å². The van der Waals surface area contributed by atoms with Gasteiger partial charge in [-0.1, -0.05) is 155 Å². The predicted octanol–water partition coefficient (Wildman–Crippen LogP) is 13.3. The number of nitriles is 1. The van der Waals surface area contributed by atoms with E-state index in [0.717, 1.165) is 62.5 Å². The first kappa shape index (κ1) is 82.5. The standard InChI is InChI=1S/C9H12O2.C7H11NO.C7H11NS.2C6H10N2O.2C6H10N2S.C5H8N2O.C4H8N4.C4H9NO2/c1-6(2)8-5-11-4-7(3)9(8)10;2*1-5(2)7-4-6(3)8-9-7;3*1-4(2)6-7-5(3)9-8-6;1-4(2)6-5(3)7-9-8-6;1-4(2)5(8)7-3-6;1-3(2)4-5-7-8-6-4;1-3(2)4(6)5-7/h4-6H,1-3H3;2*4-5H,1-3H3;3*4H,3H2,1-2H3,(H,7,8);4H,1-3H3;4H,1-2H3,(H,7,8);3H,1-2H3,(H,5,6,7,8);3,7H,1-2H3,(H,5,6). The summed E-state index contributed by atoms with van der Waals surface area (Å²) < 4.78 is 25.4. The molecule has 490 valence electrons. The molecule has 0 atom stereocenters. The number of aryl methyl sites for hydroxylation is 4. The van der Waals surface area contributed by atoms with Gasteiger partial charge in [0, 0.05) is 75.4 Å². The second kappa shape index (κ2) is 44.8. The minimum atomic E-state index is -0.347. The average Bonchev–Trinajstić information content (AvgIpc) is 4.50. The summed E-state index contributed by atoms with van der Waals surface area (Å²) in [6, 6.07) is 4.11. The van der Waals surface area contributed by atoms with Crippen molar-refractivity contribution in [2.45, 2.75) is 196 Å². The number of aliphatic imine (C=N–C) groups is 3. The number of tetrazole rings is 1. The summed E-state index contributed by atoms with van der Waals surface area (Å²) >= 11 is 4.39. The second-order valence-electron chi connectivity index (χ2n) is 22.5. The molecule has 3 aliphatic rings. The van der Waals surface area contributed by atoms with E-state index in [-0.39, 0.29) is 35.0 Å². The molecule has 5 aromatic rings. The monoisotopic (exact) mass is 1280 g/mol. The van der Waals surface area contributed by atoms with Gasteiger partial charge in [-0.15, -0.1) is 10.2 Å². The zero-order valence-electron chi connectivity index (χ0n) is 56.2. The SMILES string of the molecule is C=C1N=C(C(C)C)NO1.C=C1N=C(C(C)C)NO1.C=C1N=C(C(C)C)NS1.CC(C)C(=O)NC#N.CC(C)C(=O)NO.CC(C)c1nn[nH]n1.Cc1cc(C(C)C)on1.Cc1cc(C(C)C)sn1.Cc1cocc(C(C)C)c1=O.Cc1nsnc1C(C)C. The second-order valence-corrected chi connectivity index (χ2v) is 24.7. The Kier molecular flexibility index (Phi) is 41.9. The number of nitrogens with one attached hydrogen (secondary N) is 6. The third kappa shape index (κ3) is 36.5. The normalized spacial score (nSPS) is 12.4. The van der Waals surface area contributed by atoms with Crippen molar-refractivity contribution >= 4 is 64.5 Å². The highest BCUT2D eigenvalue weighted by Crippen LogP contribution is 2.21. The number of hydrogen-bond acceptors (Lipinski definition) is 25. The number of hydrogen-bond donors (Lipinski definition) is 7. The summed E-state index contributed by atoms with van der Waals surface area (Å²) in [6.45, 7) is 58.4. The Labute approximate surface area is 534 Å². The van der Waals surface area contributed by atoms with E-state index in [9.17, 15) is 14.4 Å². The number of carbonyl (C=O) groups excluding carboxylic acids is 2. The number of carbonyl (C=O) groups is 2. The molecule has 28 heteroatoms. The van der Waals surface area contributed by atoms with Crippen LogP contribution in [0.25, 0.3) is 0 Å². The Bertz CT molecular complexity index is 2880. The number of H-pyrrole nitrogens is 1. The number of aromatic nitrogens is 8. The fourth-order valence-corrected chi connectivity index (χ4v) is 7.44. The molecule has 8 rings (SSSR count). The van der Waals surface area contributed by atoms with Gasteiger partial charge in [0.15, 0.2) is 17.4 Å². The zero-order chi connectivity index (χ0) is 68.0. The van der Waals surface area contributed by atoms with Crippen LogP contribution in [0.15, 0.2) is 89.9 Å². The maximum atomic E-state index is 11.4. The van der Waals surface area contributed by atoms with E-state index < -0.39 is 0 Å². The van der Waals surface area contributed by atoms with Crippen LogP contribution in [0.5, 0.6) is 0 Å². The molecule has 0 spiro atoms. The van der Waals surface area contributed by atoms with Crippen LogP contribution in [0.4, 0.5) is 0 Å². The summed E-state index contributed by atoms with van der Waals surface area (Å²) in [5.74, 6) is 7.99. The lowest BCUT2D eigenvalue weighted by Crippen LogP contribution is -2.23. The molecule has 0 saturated carbocycles. The average molecular weight is 1280 g/mol. The molecule has 2 amide bonds. The molecule has 0 aromatic carbocycles. The van der Waals surface area contributed by atoms with Crippen molar-refractivity contribution in [3.63, 3.8) is 0 Å². The van der Waals surface area contributed by atoms with Crippen LogP contribution in [0, 0.1) is 68.7 Å². The summed E-state index contributed by atoms with van der Waals surface area (Å²) in [5, 5.41) is 35.8. The first-order valence-corrected chi connectivity index (χ1v) is 31.0. The van der Waals surface area contributed by atoms with Gasteiger partial charge in [0.1, 0.15) is 28.3 Å². The quantitative estimate of drug-likeness (QED) is 0.0224. The molecular formula is C60H99N17O8S3. The molecule has 7 N–H and O–H groups in total. The number of hydroxylamine groups is 3. The molecule has 25 nitrogen and oxygen atoms in total. The van der Waals surface area contributed by atoms with Crippen molar-refractivity contribution in [3.05, 3.63) is 122 Å². The summed E-state index contributed by atoms with van der Waals surface area (Å²) in [4.78, 5) is 55.0. The summed E-state index contributed by atoms with van der Waals surface area (Å²) in [5.41, 5.74) is 12.7. The maximum Gasteiger partial charge on any atom is 0.245 e. The van der Waals surface area contributed by atoms with Gasteiger partial charge in [0.25, 0.3) is 0 Å². The molecule has 0 fully saturated rings. The van der Waals surface area contributed by atoms with Crippen LogP contribution in [0.3, 0.4) is 0 Å². The van der Waals surface area contributed by atoms with E-state index in [1.165, 1.54) is 46.6 Å². The maximum absolute atomic E-state index is 11.4. The predicted molar refractivity (Wildman–Crippen MR) is 354 cm³/mol. The van der Waals surface area contributed by atoms with Crippen LogP contribution in [-0.4, -0.2) is 73.4 Å². The highest BCUT2D eigenvalue weighted by molar-refractivity contribution is 8.02. The first-order valence-electron chi connectivity index (χ1n) is 28.7. The Morgan fingerprint density at radius 1 is 0.648 bits per heavy atom. The number of amidine groups is 3. The van der Waals surface area contributed by atoms with Crippen LogP contribution < -0.4 is 31.9 Å². The van der Waals surface area contributed by atoms with E-state index in [1.54, 1.807) is 52.3 Å². The Morgan fingerprint density at radius 3 is 1.40 bits per heavy atom. The molecule has 88 heavy (non-hydrogen) atoms. The van der Waals surface area contributed by atoms with Gasteiger partial charge in [0.2, 0.25) is 23.6 Å². The van der Waals surface area contributed by atoms with Gasteiger partial charge >= 0.3 is 0 Å². The summed E-state index contributed by atoms with van der Waals surface area (Å²) in [7, 11) is 0. The Hall–Kier alpha value is -7.61. The van der Waals surface area contributed by atoms with Gasteiger partial charge in [-0.3, -0.25) is 24.9 Å². The first-order chi connectivity index (χ1) is 41.0. The number of aromatic amines is 1. The van der Waals surface area contributed by atoms with Crippen molar-refractivity contribution in [3.8, 4) is 6.19 Å². The molecule has 5 aromatic heterocycles. The largest absolute Gasteiger partial charge is 0.472 e. The molecule has 0 aliphatic carbocycles. The number of amides is 2. The van der Waals surface area contributed by atoms with Crippen LogP contribution in [0.2, 0.25) is 0 Å². The number of nitrogens with zero attached hydrogens (tertiary/aromatic N) is 11. The molecule has 3 aliphatic heterocycles. The minimum Gasteiger partial charge on any atom is -0.472 e. The van der Waals surface area contributed by atoms with E-state index >= 15 is 0 Å². The molecule has 0 radical (unpaired) electrons. The topological polar surface area (TPSA) is 343 Å². The molecular weight excluding hydrogens is 1180 g/mol. The lowest BCUT2D eigenvalue weighted by molar-refractivity contribution is -0.132. The van der Waals surface area contributed by atoms with Gasteiger partial charge in [-0.05, 0) is 76.2 Å². The smallest absolute Gasteiger partial charge is 0.245 e. The molecule has 0 saturated heterocycles. The minimum absolute atomic E-state index is 0.102. The van der Waals surface area contributed by atoms with Crippen molar-refractivity contribution < 1.29 is 33.4 Å². The summed E-state index contributed by atoms with van der Waals surface area (Å²) in [6.07, 6.45) is 4.56. The third-order valence-corrected chi connectivity index (χ3v) is 13.2. The fourth-order valence-electron chi connectivity index (χ4n) is 5.37. The fraction of sp³-hybridized carbons (Fsp3) is 0.567. The van der Waals surface area contributed by atoms with Gasteiger partial charge in [0.05, 0.1) is 47.0 Å². The lowest BCUT2D eigenvalue weighted by atomic mass is 10.0. The Balaban J connectivity index is 0. The Morgan fingerprint density at radius 2 is 1.19 bits per heavy atom. The van der Waals surface area contributed by atoms with Crippen LogP contribution in [0.1, 0.15) is 218 Å². The van der Waals surface area contributed by atoms with Crippen LogP contribution >= 0.6 is 35.2 Å². The van der Waals surface area contributed by atoms with Crippen molar-refractivity contribution in [2.75, 3.05) is 0 Å². The van der Waals surface area contributed by atoms with Crippen LogP contribution in [-0.2, 0) is 19.3 Å². The lowest BCUT2D eigenvalue weighted by Gasteiger charge is -2.02. The highest BCUT2D eigenvalue weighted by atomic mass is 32.2. The van der Waals surface area contributed by atoms with E-state index in [2.05, 4.69) is 151 Å². The van der Waals surface area contributed by atoms with Crippen molar-refractivity contribution in [1.29, 1.82) is 5.26 Å². The number of rotatable bonds is 10. The van der Waals surface area contributed by atoms with Gasteiger partial charge in [-0.2, -0.15) is 33.6 Å². The third-order valence-electron chi connectivity index (χ3n) is 10.8. The molecule has 0 bridgehead atoms. The van der Waals surface area contributed by atoms with Gasteiger partial charge < -0.3 is 23.3 Å². The van der Waals surface area contributed by atoms with E-state index in [4.69, 9.17) is 29.1 Å². The van der Waals surface area contributed by atoms with E-state index in [0.29, 0.717) is 58.8 Å². The zero-order valence-corrected chi connectivity index (χ0v) is 58.6. The molecule has 0 unspecified atom stereocenters. The van der Waals surface area contributed by atoms with Crippen molar-refractivity contribution in [1.82, 2.24) is 65.4 Å². The highest BCUT2D eigenvalue weighted by Gasteiger charge is 2.15. The van der Waals surface area contributed by atoms with E-state index in [1.807, 2.05) is 87.5 Å². The molecule has 8 heterocycles. The van der Waals surface area contributed by atoms with Gasteiger partial charge in [-0.25, -0.2) is 21.4 Å².